The van der Waals surface area contributed by atoms with Crippen LogP contribution in [0, 0.1) is 0 Å². The van der Waals surface area contributed by atoms with E-state index in [4.69, 9.17) is 0 Å². The van der Waals surface area contributed by atoms with E-state index < -0.39 is 0 Å². The number of carbonyl (C=O) groups is 1. The summed E-state index contributed by atoms with van der Waals surface area (Å²) in [5.41, 5.74) is 2.91. The molecule has 1 N–H and O–H groups in total. The molecule has 0 saturated heterocycles. The second-order valence-electron chi connectivity index (χ2n) is 7.00. The van der Waals surface area contributed by atoms with Gasteiger partial charge in [0.2, 0.25) is 11.7 Å². The molecule has 3 aromatic carbocycles. The monoisotopic (exact) mass is 371 g/mol. The smallest absolute Gasteiger partial charge is 0.248 e. The number of hydrogen-bond acceptors (Lipinski definition) is 4. The summed E-state index contributed by atoms with van der Waals surface area (Å²) in [5, 5.41) is 17.4. The highest BCUT2D eigenvalue weighted by molar-refractivity contribution is 6.01. The first kappa shape index (κ1) is 17.9. The van der Waals surface area contributed by atoms with E-state index in [0.29, 0.717) is 11.7 Å². The van der Waals surface area contributed by atoms with Gasteiger partial charge in [0, 0.05) is 16.6 Å². The minimum atomic E-state index is -0.199. The number of tetrazole rings is 1. The van der Waals surface area contributed by atoms with Gasteiger partial charge in [-0.25, -0.2) is 0 Å². The van der Waals surface area contributed by atoms with Crippen molar-refractivity contribution in [3.05, 3.63) is 72.3 Å². The highest BCUT2D eigenvalue weighted by Gasteiger charge is 2.11. The Morgan fingerprint density at radius 3 is 2.54 bits per heavy atom. The second kappa shape index (κ2) is 7.60. The van der Waals surface area contributed by atoms with Crippen molar-refractivity contribution >= 4 is 22.4 Å². The number of amides is 1. The topological polar surface area (TPSA) is 72.7 Å². The van der Waals surface area contributed by atoms with Gasteiger partial charge in [0.25, 0.3) is 0 Å². The maximum atomic E-state index is 12.5. The number of hydrogen-bond donors (Lipinski definition) is 1. The first-order valence-electron chi connectivity index (χ1n) is 9.26. The molecule has 28 heavy (non-hydrogen) atoms. The van der Waals surface area contributed by atoms with E-state index in [0.717, 1.165) is 22.0 Å². The molecule has 0 spiro atoms. The molecule has 0 aliphatic rings. The molecule has 0 saturated carbocycles. The Bertz CT molecular complexity index is 1110. The average Bonchev–Trinajstić information content (AvgIpc) is 3.16. The number of anilines is 1. The van der Waals surface area contributed by atoms with Gasteiger partial charge in [0.1, 0.15) is 6.54 Å². The van der Waals surface area contributed by atoms with E-state index in [1.165, 1.54) is 10.4 Å². The molecule has 0 atom stereocenters. The molecule has 4 rings (SSSR count). The van der Waals surface area contributed by atoms with Crippen LogP contribution in [0.4, 0.5) is 5.69 Å². The van der Waals surface area contributed by atoms with Crippen LogP contribution in [-0.4, -0.2) is 26.1 Å². The zero-order chi connectivity index (χ0) is 19.5. The van der Waals surface area contributed by atoms with Crippen molar-refractivity contribution in [1.29, 1.82) is 0 Å². The van der Waals surface area contributed by atoms with Crippen molar-refractivity contribution in [3.8, 4) is 11.4 Å². The Morgan fingerprint density at radius 1 is 1.00 bits per heavy atom. The van der Waals surface area contributed by atoms with Gasteiger partial charge >= 0.3 is 0 Å². The van der Waals surface area contributed by atoms with Gasteiger partial charge in [0.15, 0.2) is 0 Å². The summed E-state index contributed by atoms with van der Waals surface area (Å²) < 4.78 is 0. The molecule has 0 aliphatic carbocycles. The lowest BCUT2D eigenvalue weighted by Gasteiger charge is -2.08. The molecule has 140 valence electrons. The SMILES string of the molecule is CC(C)c1ccc(-c2nnn(CC(=O)Nc3cccc4ccccc34)n2)cc1. The van der Waals surface area contributed by atoms with Crippen LogP contribution in [0.15, 0.2) is 66.7 Å². The van der Waals surface area contributed by atoms with Crippen molar-refractivity contribution < 1.29 is 4.79 Å². The predicted molar refractivity (Wildman–Crippen MR) is 110 cm³/mol. The van der Waals surface area contributed by atoms with E-state index in [1.807, 2.05) is 54.6 Å². The van der Waals surface area contributed by atoms with E-state index in [1.54, 1.807) is 0 Å². The van der Waals surface area contributed by atoms with Crippen LogP contribution in [-0.2, 0) is 11.3 Å². The normalized spacial score (nSPS) is 11.1. The number of aromatic nitrogens is 4. The number of nitrogens with zero attached hydrogens (tertiary/aromatic N) is 4. The van der Waals surface area contributed by atoms with Crippen molar-refractivity contribution in [2.45, 2.75) is 26.3 Å². The molecule has 4 aromatic rings. The van der Waals surface area contributed by atoms with Crippen LogP contribution < -0.4 is 5.32 Å². The lowest BCUT2D eigenvalue weighted by atomic mass is 10.0. The third-order valence-corrected chi connectivity index (χ3v) is 4.64. The lowest BCUT2D eigenvalue weighted by molar-refractivity contribution is -0.117. The van der Waals surface area contributed by atoms with Gasteiger partial charge in [-0.3, -0.25) is 4.79 Å². The first-order chi connectivity index (χ1) is 13.6. The molecule has 1 heterocycles. The zero-order valence-electron chi connectivity index (χ0n) is 15.8. The number of nitrogens with one attached hydrogen (secondary N) is 1. The number of rotatable bonds is 5. The first-order valence-corrected chi connectivity index (χ1v) is 9.26. The molecule has 1 amide bonds. The van der Waals surface area contributed by atoms with Crippen LogP contribution in [0.2, 0.25) is 0 Å². The summed E-state index contributed by atoms with van der Waals surface area (Å²) in [7, 11) is 0. The number of benzene rings is 3. The highest BCUT2D eigenvalue weighted by atomic mass is 16.2. The van der Waals surface area contributed by atoms with Gasteiger partial charge in [-0.05, 0) is 28.1 Å². The standard InChI is InChI=1S/C22H21N5O/c1-15(2)16-10-12-18(13-11-16)22-24-26-27(25-22)14-21(28)23-20-9-5-7-17-6-3-4-8-19(17)20/h3-13,15H,14H2,1-2H3,(H,23,28). The van der Waals surface area contributed by atoms with Gasteiger partial charge in [-0.15, -0.1) is 10.2 Å². The molecule has 0 unspecified atom stereocenters. The average molecular weight is 371 g/mol. The van der Waals surface area contributed by atoms with Crippen LogP contribution in [0.1, 0.15) is 25.3 Å². The van der Waals surface area contributed by atoms with Crippen LogP contribution >= 0.6 is 0 Å². The maximum Gasteiger partial charge on any atom is 0.248 e. The maximum absolute atomic E-state index is 12.5. The van der Waals surface area contributed by atoms with E-state index in [-0.39, 0.29) is 12.5 Å². The van der Waals surface area contributed by atoms with Gasteiger partial charge in [-0.1, -0.05) is 74.5 Å². The minimum Gasteiger partial charge on any atom is -0.324 e. The fraction of sp³-hybridized carbons (Fsp3) is 0.182. The number of carbonyl (C=O) groups excluding carboxylic acids is 1. The summed E-state index contributed by atoms with van der Waals surface area (Å²) in [4.78, 5) is 13.8. The van der Waals surface area contributed by atoms with Crippen LogP contribution in [0.5, 0.6) is 0 Å². The quantitative estimate of drug-likeness (QED) is 0.569. The fourth-order valence-electron chi connectivity index (χ4n) is 3.10. The van der Waals surface area contributed by atoms with Gasteiger partial charge in [-0.2, -0.15) is 4.80 Å². The molecule has 0 aliphatic heterocycles. The molecular formula is C22H21N5O. The molecule has 6 nitrogen and oxygen atoms in total. The van der Waals surface area contributed by atoms with Crippen molar-refractivity contribution in [1.82, 2.24) is 20.2 Å². The Balaban J connectivity index is 1.47. The summed E-state index contributed by atoms with van der Waals surface area (Å²) >= 11 is 0. The predicted octanol–water partition coefficient (Wildman–Crippen LogP) is 4.26. The summed E-state index contributed by atoms with van der Waals surface area (Å²) in [6.45, 7) is 4.30. The van der Waals surface area contributed by atoms with E-state index in [9.17, 15) is 4.79 Å². The molecule has 0 bridgehead atoms. The Morgan fingerprint density at radius 2 is 1.75 bits per heavy atom. The summed E-state index contributed by atoms with van der Waals surface area (Å²) in [5.74, 6) is 0.777. The van der Waals surface area contributed by atoms with E-state index in [2.05, 4.69) is 46.7 Å². The molecular weight excluding hydrogens is 350 g/mol. The molecule has 0 fully saturated rings. The Labute approximate surface area is 163 Å². The second-order valence-corrected chi connectivity index (χ2v) is 7.00. The van der Waals surface area contributed by atoms with Crippen molar-refractivity contribution in [2.75, 3.05) is 5.32 Å². The molecule has 0 radical (unpaired) electrons. The largest absolute Gasteiger partial charge is 0.324 e. The van der Waals surface area contributed by atoms with Crippen LogP contribution in [0.25, 0.3) is 22.2 Å². The Kier molecular flexibility index (Phi) is 4.85. The third-order valence-electron chi connectivity index (χ3n) is 4.64. The van der Waals surface area contributed by atoms with E-state index >= 15 is 0 Å². The summed E-state index contributed by atoms with van der Waals surface area (Å²) in [6, 6.07) is 21.8. The minimum absolute atomic E-state index is 0.000296. The molecule has 6 heteroatoms. The lowest BCUT2D eigenvalue weighted by Crippen LogP contribution is -2.20. The molecule has 1 aromatic heterocycles. The number of fused-ring (bicyclic) bond motifs is 1. The Hall–Kier alpha value is -3.54. The third kappa shape index (κ3) is 3.76. The highest BCUT2D eigenvalue weighted by Crippen LogP contribution is 2.23. The fourth-order valence-corrected chi connectivity index (χ4v) is 3.10. The van der Waals surface area contributed by atoms with Crippen molar-refractivity contribution in [2.24, 2.45) is 0 Å². The van der Waals surface area contributed by atoms with Gasteiger partial charge < -0.3 is 5.32 Å². The van der Waals surface area contributed by atoms with Crippen molar-refractivity contribution in [3.63, 3.8) is 0 Å². The zero-order valence-corrected chi connectivity index (χ0v) is 15.8. The summed E-state index contributed by atoms with van der Waals surface area (Å²) in [6.07, 6.45) is 0. The van der Waals surface area contributed by atoms with Crippen LogP contribution in [0.3, 0.4) is 0 Å². The van der Waals surface area contributed by atoms with Gasteiger partial charge in [0.05, 0.1) is 0 Å².